The fourth-order valence-electron chi connectivity index (χ4n) is 2.60. The topological polar surface area (TPSA) is 47.8 Å². The van der Waals surface area contributed by atoms with E-state index in [9.17, 15) is 9.18 Å². The smallest absolute Gasteiger partial charge is 0.187 e. The van der Waals surface area contributed by atoms with Gasteiger partial charge in [-0.2, -0.15) is 0 Å². The first kappa shape index (κ1) is 16.4. The Kier molecular flexibility index (Phi) is 4.76. The minimum atomic E-state index is -0.281. The van der Waals surface area contributed by atoms with E-state index in [1.54, 1.807) is 30.6 Å². The van der Waals surface area contributed by atoms with Crippen LogP contribution in [0.5, 0.6) is 0 Å². The number of halogens is 1. The lowest BCUT2D eigenvalue weighted by Crippen LogP contribution is -2.06. The van der Waals surface area contributed by atoms with Gasteiger partial charge in [0.1, 0.15) is 5.82 Å². The number of ketones is 1. The molecule has 2 heterocycles. The van der Waals surface area contributed by atoms with Crippen LogP contribution in [0.3, 0.4) is 0 Å². The van der Waals surface area contributed by atoms with Crippen LogP contribution in [0, 0.1) is 19.7 Å². The van der Waals surface area contributed by atoms with Crippen molar-refractivity contribution in [2.75, 3.05) is 5.75 Å². The summed E-state index contributed by atoms with van der Waals surface area (Å²) >= 11 is 1.31. The maximum Gasteiger partial charge on any atom is 0.187 e. The van der Waals surface area contributed by atoms with Gasteiger partial charge in [-0.05, 0) is 50.2 Å². The number of Topliss-reactive ketones (excluding diaryl/α,β-unsaturated/α-hetero) is 1. The molecule has 0 unspecified atom stereocenters. The molecule has 0 spiro atoms. The number of rotatable bonds is 5. The maximum atomic E-state index is 13.1. The molecule has 0 radical (unpaired) electrons. The van der Waals surface area contributed by atoms with Crippen LogP contribution in [0.2, 0.25) is 0 Å². The SMILES string of the molecule is Cc1cc(C(=O)CSc2ncccn2)c(C)n1-c1ccc(F)cc1. The zero-order valence-electron chi connectivity index (χ0n) is 13.4. The standard InChI is InChI=1S/C18H16FN3OS/c1-12-10-16(17(23)11-24-18-20-8-3-9-21-18)13(2)22(12)15-6-4-14(19)5-7-15/h3-10H,11H2,1-2H3. The predicted octanol–water partition coefficient (Wildman–Crippen LogP) is 4.00. The molecule has 0 aliphatic carbocycles. The summed E-state index contributed by atoms with van der Waals surface area (Å²) in [6, 6.07) is 9.85. The van der Waals surface area contributed by atoms with Gasteiger partial charge in [0.05, 0.1) is 5.75 Å². The molecule has 122 valence electrons. The predicted molar refractivity (Wildman–Crippen MR) is 92.3 cm³/mol. The van der Waals surface area contributed by atoms with E-state index in [0.29, 0.717) is 10.7 Å². The molecule has 0 aliphatic rings. The highest BCUT2D eigenvalue weighted by Crippen LogP contribution is 2.23. The number of nitrogens with zero attached hydrogens (tertiary/aromatic N) is 3. The molecule has 0 atom stereocenters. The van der Waals surface area contributed by atoms with Gasteiger partial charge in [-0.15, -0.1) is 0 Å². The second-order valence-corrected chi connectivity index (χ2v) is 6.28. The molecule has 0 aliphatic heterocycles. The zero-order chi connectivity index (χ0) is 17.1. The van der Waals surface area contributed by atoms with Crippen LogP contribution in [0.1, 0.15) is 21.7 Å². The molecule has 0 bridgehead atoms. The Morgan fingerprint density at radius 2 is 1.83 bits per heavy atom. The Bertz CT molecular complexity index is 860. The van der Waals surface area contributed by atoms with Crippen molar-refractivity contribution in [3.05, 3.63) is 71.6 Å². The van der Waals surface area contributed by atoms with Crippen LogP contribution in [-0.4, -0.2) is 26.1 Å². The largest absolute Gasteiger partial charge is 0.318 e. The lowest BCUT2D eigenvalue weighted by molar-refractivity contribution is 0.102. The van der Waals surface area contributed by atoms with Crippen molar-refractivity contribution in [1.29, 1.82) is 0 Å². The van der Waals surface area contributed by atoms with E-state index < -0.39 is 0 Å². The summed E-state index contributed by atoms with van der Waals surface area (Å²) in [5, 5.41) is 0.582. The average Bonchev–Trinajstić information content (AvgIpc) is 2.89. The lowest BCUT2D eigenvalue weighted by atomic mass is 10.2. The van der Waals surface area contributed by atoms with Gasteiger partial charge in [-0.25, -0.2) is 14.4 Å². The lowest BCUT2D eigenvalue weighted by Gasteiger charge is -2.09. The Morgan fingerprint density at radius 1 is 1.17 bits per heavy atom. The molecule has 2 aromatic heterocycles. The van der Waals surface area contributed by atoms with Gasteiger partial charge in [-0.3, -0.25) is 4.79 Å². The van der Waals surface area contributed by atoms with Gasteiger partial charge in [0.15, 0.2) is 10.9 Å². The van der Waals surface area contributed by atoms with Crippen LogP contribution in [0.4, 0.5) is 4.39 Å². The van der Waals surface area contributed by atoms with E-state index in [2.05, 4.69) is 9.97 Å². The van der Waals surface area contributed by atoms with Gasteiger partial charge >= 0.3 is 0 Å². The monoisotopic (exact) mass is 341 g/mol. The molecule has 4 nitrogen and oxygen atoms in total. The fraction of sp³-hybridized carbons (Fsp3) is 0.167. The molecule has 6 heteroatoms. The van der Waals surface area contributed by atoms with Crippen LogP contribution in [0.25, 0.3) is 5.69 Å². The van der Waals surface area contributed by atoms with Gasteiger partial charge in [-0.1, -0.05) is 11.8 Å². The molecule has 0 N–H and O–H groups in total. The molecule has 0 fully saturated rings. The molecular weight excluding hydrogens is 325 g/mol. The summed E-state index contributed by atoms with van der Waals surface area (Å²) in [6.45, 7) is 3.83. The summed E-state index contributed by atoms with van der Waals surface area (Å²) in [7, 11) is 0. The van der Waals surface area contributed by atoms with Crippen LogP contribution < -0.4 is 0 Å². The molecule has 0 saturated carbocycles. The minimum Gasteiger partial charge on any atom is -0.318 e. The summed E-state index contributed by atoms with van der Waals surface area (Å²) in [6.07, 6.45) is 3.31. The number of aromatic nitrogens is 3. The second kappa shape index (κ2) is 6.97. The molecule has 3 aromatic rings. The Balaban J connectivity index is 1.83. The first-order chi connectivity index (χ1) is 11.6. The molecule has 0 saturated heterocycles. The van der Waals surface area contributed by atoms with Crippen molar-refractivity contribution in [3.63, 3.8) is 0 Å². The van der Waals surface area contributed by atoms with E-state index in [1.165, 1.54) is 23.9 Å². The number of carbonyl (C=O) groups is 1. The third-order valence-electron chi connectivity index (χ3n) is 3.69. The van der Waals surface area contributed by atoms with Gasteiger partial charge in [0.25, 0.3) is 0 Å². The fourth-order valence-corrected chi connectivity index (χ4v) is 3.29. The highest BCUT2D eigenvalue weighted by atomic mass is 32.2. The van der Waals surface area contributed by atoms with Crippen molar-refractivity contribution in [2.45, 2.75) is 19.0 Å². The summed E-state index contributed by atoms with van der Waals surface area (Å²) in [5.41, 5.74) is 3.28. The van der Waals surface area contributed by atoms with Crippen molar-refractivity contribution < 1.29 is 9.18 Å². The van der Waals surface area contributed by atoms with Gasteiger partial charge in [0.2, 0.25) is 0 Å². The van der Waals surface area contributed by atoms with Crippen molar-refractivity contribution in [3.8, 4) is 5.69 Å². The van der Waals surface area contributed by atoms with Crippen LogP contribution in [0.15, 0.2) is 53.9 Å². The average molecular weight is 341 g/mol. The number of aryl methyl sites for hydroxylation is 1. The molecule has 3 rings (SSSR count). The minimum absolute atomic E-state index is 0.0221. The molecule has 0 amide bonds. The first-order valence-corrected chi connectivity index (χ1v) is 8.42. The number of benzene rings is 1. The summed E-state index contributed by atoms with van der Waals surface area (Å²) < 4.78 is 15.1. The van der Waals surface area contributed by atoms with Crippen LogP contribution in [-0.2, 0) is 0 Å². The maximum absolute atomic E-state index is 13.1. The first-order valence-electron chi connectivity index (χ1n) is 7.44. The van der Waals surface area contributed by atoms with Gasteiger partial charge < -0.3 is 4.57 Å². The van der Waals surface area contributed by atoms with Crippen molar-refractivity contribution in [2.24, 2.45) is 0 Å². The summed E-state index contributed by atoms with van der Waals surface area (Å²) in [4.78, 5) is 20.7. The number of hydrogen-bond donors (Lipinski definition) is 0. The van der Waals surface area contributed by atoms with E-state index >= 15 is 0 Å². The highest BCUT2D eigenvalue weighted by Gasteiger charge is 2.17. The summed E-state index contributed by atoms with van der Waals surface area (Å²) in [5.74, 6) is 0.0169. The molecular formula is C18H16FN3OS. The van der Waals surface area contributed by atoms with E-state index in [-0.39, 0.29) is 17.4 Å². The molecule has 1 aromatic carbocycles. The second-order valence-electron chi connectivity index (χ2n) is 5.34. The van der Waals surface area contributed by atoms with Crippen LogP contribution >= 0.6 is 11.8 Å². The highest BCUT2D eigenvalue weighted by molar-refractivity contribution is 7.99. The Morgan fingerprint density at radius 3 is 2.50 bits per heavy atom. The zero-order valence-corrected chi connectivity index (χ0v) is 14.2. The Hall–Kier alpha value is -2.47. The van der Waals surface area contributed by atoms with Gasteiger partial charge in [0, 0.05) is 35.0 Å². The van der Waals surface area contributed by atoms with E-state index in [1.807, 2.05) is 24.5 Å². The van der Waals surface area contributed by atoms with Crippen molar-refractivity contribution >= 4 is 17.5 Å². The van der Waals surface area contributed by atoms with E-state index in [0.717, 1.165) is 17.1 Å². The molecule has 24 heavy (non-hydrogen) atoms. The normalized spacial score (nSPS) is 10.8. The Labute approximate surface area is 143 Å². The third kappa shape index (κ3) is 3.38. The third-order valence-corrected chi connectivity index (χ3v) is 4.57. The number of thioether (sulfide) groups is 1. The van der Waals surface area contributed by atoms with Crippen molar-refractivity contribution in [1.82, 2.24) is 14.5 Å². The van der Waals surface area contributed by atoms with E-state index in [4.69, 9.17) is 0 Å². The number of hydrogen-bond acceptors (Lipinski definition) is 4. The quantitative estimate of drug-likeness (QED) is 0.400. The number of carbonyl (C=O) groups excluding carboxylic acids is 1.